The Labute approximate surface area is 169 Å². The van der Waals surface area contributed by atoms with Crippen LogP contribution in [-0.4, -0.2) is 31.1 Å². The van der Waals surface area contributed by atoms with Crippen molar-refractivity contribution in [3.8, 4) is 0 Å². The molecule has 0 saturated carbocycles. The lowest BCUT2D eigenvalue weighted by Gasteiger charge is -2.31. The van der Waals surface area contributed by atoms with Crippen molar-refractivity contribution in [3.63, 3.8) is 0 Å². The van der Waals surface area contributed by atoms with Crippen LogP contribution in [0, 0.1) is 0 Å². The summed E-state index contributed by atoms with van der Waals surface area (Å²) in [5, 5.41) is 0. The van der Waals surface area contributed by atoms with Gasteiger partial charge in [0.15, 0.2) is 0 Å². The van der Waals surface area contributed by atoms with E-state index in [9.17, 15) is 13.2 Å². The third-order valence-electron chi connectivity index (χ3n) is 5.29. The summed E-state index contributed by atoms with van der Waals surface area (Å²) in [5.41, 5.74) is 2.58. The minimum atomic E-state index is -4.33. The Kier molecular flexibility index (Phi) is 6.94. The number of fused-ring (bicyclic) bond motifs is 2. The highest BCUT2D eigenvalue weighted by atomic mass is 32.2. The first-order chi connectivity index (χ1) is 13.4. The van der Waals surface area contributed by atoms with E-state index in [2.05, 4.69) is 35.8 Å². The molecule has 0 N–H and O–H groups in total. The van der Waals surface area contributed by atoms with Crippen molar-refractivity contribution in [2.24, 2.45) is 0 Å². The Morgan fingerprint density at radius 2 is 1.75 bits per heavy atom. The van der Waals surface area contributed by atoms with Gasteiger partial charge in [0, 0.05) is 23.7 Å². The van der Waals surface area contributed by atoms with Crippen molar-refractivity contribution in [1.82, 2.24) is 4.90 Å². The molecule has 0 fully saturated rings. The van der Waals surface area contributed by atoms with E-state index in [1.807, 2.05) is 12.1 Å². The molecular weight excluding hydrogens is 381 g/mol. The van der Waals surface area contributed by atoms with Crippen molar-refractivity contribution in [2.45, 2.75) is 43.6 Å². The van der Waals surface area contributed by atoms with Crippen LogP contribution in [0.15, 0.2) is 47.4 Å². The second-order valence-corrected chi connectivity index (χ2v) is 8.06. The van der Waals surface area contributed by atoms with Crippen LogP contribution < -0.4 is 4.90 Å². The van der Waals surface area contributed by atoms with Gasteiger partial charge in [0.2, 0.25) is 0 Å². The highest BCUT2D eigenvalue weighted by molar-refractivity contribution is 7.98. The minimum absolute atomic E-state index is 0.575. The standard InChI is InChI=1S/C22H27F3N2S/c1-3-26(4-2)12-7-13-27-15-17-8-5-6-9-18(17)16-28-21-11-10-19(14-20(21)27)22(23,24)25/h5-6,8-11,14H,3-4,7,12-13,15-16H2,1-2H3. The predicted molar refractivity (Wildman–Crippen MR) is 111 cm³/mol. The van der Waals surface area contributed by atoms with Crippen LogP contribution in [0.1, 0.15) is 37.0 Å². The third kappa shape index (κ3) is 5.03. The van der Waals surface area contributed by atoms with Crippen molar-refractivity contribution in [2.75, 3.05) is 31.1 Å². The maximum absolute atomic E-state index is 13.3. The van der Waals surface area contributed by atoms with E-state index in [0.717, 1.165) is 43.2 Å². The molecule has 0 spiro atoms. The third-order valence-corrected chi connectivity index (χ3v) is 6.40. The second kappa shape index (κ2) is 9.23. The molecule has 0 bridgehead atoms. The van der Waals surface area contributed by atoms with Crippen LogP contribution in [0.4, 0.5) is 18.9 Å². The number of hydrogen-bond acceptors (Lipinski definition) is 3. The second-order valence-electron chi connectivity index (χ2n) is 7.04. The van der Waals surface area contributed by atoms with Crippen molar-refractivity contribution in [1.29, 1.82) is 0 Å². The summed E-state index contributed by atoms with van der Waals surface area (Å²) in [6.45, 7) is 8.58. The van der Waals surface area contributed by atoms with Gasteiger partial charge < -0.3 is 9.80 Å². The van der Waals surface area contributed by atoms with Crippen LogP contribution in [0.25, 0.3) is 0 Å². The molecule has 0 atom stereocenters. The predicted octanol–water partition coefficient (Wildman–Crippen LogP) is 6.05. The molecule has 2 aromatic rings. The Morgan fingerprint density at radius 1 is 1.04 bits per heavy atom. The average Bonchev–Trinajstić information content (AvgIpc) is 2.67. The highest BCUT2D eigenvalue weighted by Gasteiger charge is 2.32. The largest absolute Gasteiger partial charge is 0.416 e. The van der Waals surface area contributed by atoms with Gasteiger partial charge in [0.1, 0.15) is 0 Å². The molecule has 1 heterocycles. The number of rotatable bonds is 6. The Balaban J connectivity index is 1.91. The fraction of sp³-hybridized carbons (Fsp3) is 0.455. The molecule has 0 radical (unpaired) electrons. The molecule has 1 aliphatic rings. The Bertz CT molecular complexity index is 788. The molecule has 28 heavy (non-hydrogen) atoms. The van der Waals surface area contributed by atoms with Crippen LogP contribution in [0.5, 0.6) is 0 Å². The monoisotopic (exact) mass is 408 g/mol. The molecule has 2 nitrogen and oxygen atoms in total. The summed E-state index contributed by atoms with van der Waals surface area (Å²) in [6.07, 6.45) is -3.41. The summed E-state index contributed by atoms with van der Waals surface area (Å²) in [5.74, 6) is 0.780. The maximum atomic E-state index is 13.3. The first-order valence-corrected chi connectivity index (χ1v) is 10.8. The molecule has 0 saturated heterocycles. The van der Waals surface area contributed by atoms with Gasteiger partial charge in [0.25, 0.3) is 0 Å². The highest BCUT2D eigenvalue weighted by Crippen LogP contribution is 2.40. The molecule has 0 amide bonds. The summed E-state index contributed by atoms with van der Waals surface area (Å²) in [4.78, 5) is 5.39. The van der Waals surface area contributed by atoms with Gasteiger partial charge in [-0.3, -0.25) is 0 Å². The zero-order valence-electron chi connectivity index (χ0n) is 16.4. The lowest BCUT2D eigenvalue weighted by atomic mass is 10.1. The van der Waals surface area contributed by atoms with Crippen LogP contribution in [-0.2, 0) is 18.5 Å². The molecule has 0 aromatic heterocycles. The van der Waals surface area contributed by atoms with E-state index in [-0.39, 0.29) is 0 Å². The van der Waals surface area contributed by atoms with Crippen molar-refractivity contribution < 1.29 is 13.2 Å². The van der Waals surface area contributed by atoms with Gasteiger partial charge in [-0.15, -0.1) is 11.8 Å². The smallest absolute Gasteiger partial charge is 0.366 e. The van der Waals surface area contributed by atoms with Crippen LogP contribution >= 0.6 is 11.8 Å². The number of anilines is 1. The average molecular weight is 409 g/mol. The van der Waals surface area contributed by atoms with E-state index < -0.39 is 11.7 Å². The normalized spacial score (nSPS) is 14.4. The molecule has 0 aliphatic carbocycles. The lowest BCUT2D eigenvalue weighted by Crippen LogP contribution is -2.31. The van der Waals surface area contributed by atoms with Gasteiger partial charge in [0.05, 0.1) is 11.3 Å². The van der Waals surface area contributed by atoms with E-state index in [4.69, 9.17) is 0 Å². The van der Waals surface area contributed by atoms with E-state index >= 15 is 0 Å². The zero-order valence-corrected chi connectivity index (χ0v) is 17.2. The quantitative estimate of drug-likeness (QED) is 0.574. The molecular formula is C22H27F3N2S. The van der Waals surface area contributed by atoms with Crippen LogP contribution in [0.2, 0.25) is 0 Å². The van der Waals surface area contributed by atoms with Gasteiger partial charge in [-0.2, -0.15) is 13.2 Å². The molecule has 1 aliphatic heterocycles. The molecule has 152 valence electrons. The SMILES string of the molecule is CCN(CC)CCCN1Cc2ccccc2CSc2ccc(C(F)(F)F)cc21. The number of alkyl halides is 3. The number of benzene rings is 2. The van der Waals surface area contributed by atoms with Gasteiger partial charge in [-0.25, -0.2) is 0 Å². The summed E-state index contributed by atoms with van der Waals surface area (Å²) in [6, 6.07) is 12.4. The molecule has 2 aromatic carbocycles. The summed E-state index contributed by atoms with van der Waals surface area (Å²) < 4.78 is 40.0. The fourth-order valence-corrected chi connectivity index (χ4v) is 4.68. The number of nitrogens with zero attached hydrogens (tertiary/aromatic N) is 2. The number of hydrogen-bond donors (Lipinski definition) is 0. The summed E-state index contributed by atoms with van der Waals surface area (Å²) >= 11 is 1.62. The minimum Gasteiger partial charge on any atom is -0.366 e. The van der Waals surface area contributed by atoms with E-state index in [0.29, 0.717) is 12.2 Å². The molecule has 6 heteroatoms. The van der Waals surface area contributed by atoms with Crippen molar-refractivity contribution >= 4 is 17.4 Å². The summed E-state index contributed by atoms with van der Waals surface area (Å²) in [7, 11) is 0. The maximum Gasteiger partial charge on any atom is 0.416 e. The van der Waals surface area contributed by atoms with Crippen molar-refractivity contribution in [3.05, 3.63) is 59.2 Å². The topological polar surface area (TPSA) is 6.48 Å². The van der Waals surface area contributed by atoms with Gasteiger partial charge in [-0.1, -0.05) is 38.1 Å². The number of thioether (sulfide) groups is 1. The molecule has 0 unspecified atom stereocenters. The Hall–Kier alpha value is -1.66. The van der Waals surface area contributed by atoms with Crippen LogP contribution in [0.3, 0.4) is 0 Å². The molecule has 3 rings (SSSR count). The Morgan fingerprint density at radius 3 is 2.43 bits per heavy atom. The van der Waals surface area contributed by atoms with E-state index in [1.54, 1.807) is 17.8 Å². The number of halogens is 3. The fourth-order valence-electron chi connectivity index (χ4n) is 3.59. The van der Waals surface area contributed by atoms with E-state index in [1.165, 1.54) is 23.3 Å². The lowest BCUT2D eigenvalue weighted by molar-refractivity contribution is -0.137. The first kappa shape index (κ1) is 21.1. The van der Waals surface area contributed by atoms with Gasteiger partial charge >= 0.3 is 6.18 Å². The van der Waals surface area contributed by atoms with Gasteiger partial charge in [-0.05, 0) is 55.4 Å². The first-order valence-electron chi connectivity index (χ1n) is 9.80. The zero-order chi connectivity index (χ0) is 20.1.